The Morgan fingerprint density at radius 1 is 1.36 bits per heavy atom. The first kappa shape index (κ1) is 17.3. The molecule has 1 amide bonds. The summed E-state index contributed by atoms with van der Waals surface area (Å²) in [6.45, 7) is 2.21. The van der Waals surface area contributed by atoms with Gasteiger partial charge >= 0.3 is 0 Å². The minimum absolute atomic E-state index is 0.0759. The minimum atomic E-state index is -0.513. The number of hydrogen-bond donors (Lipinski definition) is 0. The molecule has 25 heavy (non-hydrogen) atoms. The van der Waals surface area contributed by atoms with Gasteiger partial charge in [0, 0.05) is 40.3 Å². The van der Waals surface area contributed by atoms with Crippen molar-refractivity contribution in [3.8, 4) is 0 Å². The summed E-state index contributed by atoms with van der Waals surface area (Å²) in [6.07, 6.45) is 1.07. The van der Waals surface area contributed by atoms with E-state index in [1.807, 2.05) is 13.0 Å². The first-order chi connectivity index (χ1) is 11.9. The van der Waals surface area contributed by atoms with Crippen LogP contribution in [0.3, 0.4) is 0 Å². The highest BCUT2D eigenvalue weighted by molar-refractivity contribution is 7.16. The van der Waals surface area contributed by atoms with Gasteiger partial charge in [-0.15, -0.1) is 11.3 Å². The molecule has 8 heteroatoms. The normalized spacial score (nSPS) is 14.1. The number of aryl methyl sites for hydroxylation is 1. The maximum Gasteiger partial charge on any atom is 0.269 e. The number of carbonyl (C=O) groups excluding carboxylic acids is 2. The summed E-state index contributed by atoms with van der Waals surface area (Å²) < 4.78 is 0. The third kappa shape index (κ3) is 3.20. The van der Waals surface area contributed by atoms with Gasteiger partial charge in [-0.1, -0.05) is 11.6 Å². The predicted octanol–water partition coefficient (Wildman–Crippen LogP) is 4.16. The summed E-state index contributed by atoms with van der Waals surface area (Å²) in [6, 6.07) is 7.32. The average Bonchev–Trinajstić information content (AvgIpc) is 2.93. The number of non-ortho nitro benzene ring substituents is 1. The lowest BCUT2D eigenvalue weighted by atomic mass is 10.1. The molecule has 128 valence electrons. The van der Waals surface area contributed by atoms with Gasteiger partial charge in [0.1, 0.15) is 11.3 Å². The van der Waals surface area contributed by atoms with Gasteiger partial charge in [0.25, 0.3) is 11.6 Å². The molecule has 0 spiro atoms. The largest absolute Gasteiger partial charge is 0.299 e. The van der Waals surface area contributed by atoms with Crippen LogP contribution in [0.2, 0.25) is 0 Å². The van der Waals surface area contributed by atoms with E-state index in [0.717, 1.165) is 11.2 Å². The molecule has 0 bridgehead atoms. The number of halogens is 1. The van der Waals surface area contributed by atoms with Crippen molar-refractivity contribution < 1.29 is 14.5 Å². The van der Waals surface area contributed by atoms with E-state index >= 15 is 0 Å². The Hall–Kier alpha value is -2.51. The molecular weight excluding hydrogens is 364 g/mol. The second-order valence-electron chi connectivity index (χ2n) is 5.54. The highest BCUT2D eigenvalue weighted by atomic mass is 35.5. The maximum atomic E-state index is 12.9. The van der Waals surface area contributed by atoms with Gasteiger partial charge in [-0.25, -0.2) is 0 Å². The molecular formula is C17H13ClN2O4S. The number of fused-ring (bicyclic) bond motifs is 1. The fourth-order valence-electron chi connectivity index (χ4n) is 2.66. The van der Waals surface area contributed by atoms with E-state index in [1.54, 1.807) is 4.90 Å². The Morgan fingerprint density at radius 2 is 2.04 bits per heavy atom. The van der Waals surface area contributed by atoms with Crippen LogP contribution in [0.5, 0.6) is 0 Å². The van der Waals surface area contributed by atoms with Crippen molar-refractivity contribution in [3.63, 3.8) is 0 Å². The van der Waals surface area contributed by atoms with Crippen molar-refractivity contribution in [1.29, 1.82) is 0 Å². The summed E-state index contributed by atoms with van der Waals surface area (Å²) in [5, 5.41) is 11.8. The molecule has 0 unspecified atom stereocenters. The van der Waals surface area contributed by atoms with E-state index in [4.69, 9.17) is 11.6 Å². The minimum Gasteiger partial charge on any atom is -0.299 e. The number of anilines is 1. The zero-order valence-corrected chi connectivity index (χ0v) is 14.8. The zero-order chi connectivity index (χ0) is 18.1. The molecule has 1 aromatic carbocycles. The molecule has 2 aromatic rings. The smallest absolute Gasteiger partial charge is 0.269 e. The number of carbonyl (C=O) groups is 2. The second kappa shape index (κ2) is 6.78. The Kier molecular flexibility index (Phi) is 4.69. The Labute approximate surface area is 152 Å². The van der Waals surface area contributed by atoms with Gasteiger partial charge in [0.2, 0.25) is 0 Å². The van der Waals surface area contributed by atoms with E-state index < -0.39 is 4.92 Å². The first-order valence-corrected chi connectivity index (χ1v) is 8.62. The van der Waals surface area contributed by atoms with Crippen molar-refractivity contribution in [2.24, 2.45) is 0 Å². The number of nitrogens with zero attached hydrogens (tertiary/aromatic N) is 2. The van der Waals surface area contributed by atoms with Gasteiger partial charge in [0.05, 0.1) is 9.96 Å². The summed E-state index contributed by atoms with van der Waals surface area (Å²) in [4.78, 5) is 37.0. The number of hydrogen-bond acceptors (Lipinski definition) is 5. The lowest BCUT2D eigenvalue weighted by Gasteiger charge is -2.20. The number of nitro benzene ring substituents is 1. The van der Waals surface area contributed by atoms with Gasteiger partial charge < -0.3 is 0 Å². The number of amides is 1. The van der Waals surface area contributed by atoms with E-state index in [1.165, 1.54) is 35.6 Å². The predicted molar refractivity (Wildman–Crippen MR) is 97.3 cm³/mol. The summed E-state index contributed by atoms with van der Waals surface area (Å²) >= 11 is 7.77. The van der Waals surface area contributed by atoms with Crippen LogP contribution >= 0.6 is 22.9 Å². The van der Waals surface area contributed by atoms with Crippen molar-refractivity contribution in [3.05, 3.63) is 62.0 Å². The highest BCUT2D eigenvalue weighted by Gasteiger charge is 2.28. The molecule has 0 saturated carbocycles. The van der Waals surface area contributed by atoms with Crippen LogP contribution in [0.25, 0.3) is 5.03 Å². The molecule has 0 saturated heterocycles. The van der Waals surface area contributed by atoms with Crippen molar-refractivity contribution in [1.82, 2.24) is 0 Å². The van der Waals surface area contributed by atoms with Crippen LogP contribution in [-0.4, -0.2) is 23.7 Å². The Balaban J connectivity index is 2.00. The molecule has 0 N–H and O–H groups in total. The van der Waals surface area contributed by atoms with Gasteiger partial charge in [-0.05, 0) is 31.5 Å². The monoisotopic (exact) mass is 376 g/mol. The van der Waals surface area contributed by atoms with E-state index in [-0.39, 0.29) is 11.6 Å². The SMILES string of the molecule is Cc1cc2c(s1)N(C(=O)c1ccc([N+](=O)[O-])cc1)CCC(C=O)=C2Cl. The highest BCUT2D eigenvalue weighted by Crippen LogP contribution is 2.42. The topological polar surface area (TPSA) is 80.5 Å². The third-order valence-electron chi connectivity index (χ3n) is 3.92. The second-order valence-corrected chi connectivity index (χ2v) is 7.16. The molecule has 0 aliphatic carbocycles. The maximum absolute atomic E-state index is 12.9. The molecule has 0 fully saturated rings. The van der Waals surface area contributed by atoms with Gasteiger partial charge in [-0.2, -0.15) is 0 Å². The lowest BCUT2D eigenvalue weighted by Crippen LogP contribution is -2.31. The number of aldehydes is 1. The summed E-state index contributed by atoms with van der Waals surface area (Å²) in [5.74, 6) is -0.283. The fourth-order valence-corrected chi connectivity index (χ4v) is 4.04. The Bertz CT molecular complexity index is 902. The fraction of sp³-hybridized carbons (Fsp3) is 0.176. The van der Waals surface area contributed by atoms with Crippen molar-refractivity contribution in [2.45, 2.75) is 13.3 Å². The van der Waals surface area contributed by atoms with Gasteiger partial charge in [-0.3, -0.25) is 24.6 Å². The van der Waals surface area contributed by atoms with Crippen LogP contribution in [0.1, 0.15) is 27.2 Å². The average molecular weight is 377 g/mol. The molecule has 0 atom stereocenters. The van der Waals surface area contributed by atoms with E-state index in [2.05, 4.69) is 0 Å². The standard InChI is InChI=1S/C17H13ClN2O4S/c1-10-8-14-15(18)12(9-21)6-7-19(17(14)25-10)16(22)11-2-4-13(5-3-11)20(23)24/h2-5,8-9H,6-7H2,1H3. The summed E-state index contributed by atoms with van der Waals surface area (Å²) in [5.41, 5.74) is 1.39. The van der Waals surface area contributed by atoms with Crippen molar-refractivity contribution in [2.75, 3.05) is 11.4 Å². The lowest BCUT2D eigenvalue weighted by molar-refractivity contribution is -0.384. The number of rotatable bonds is 3. The molecule has 1 aromatic heterocycles. The number of benzene rings is 1. The molecule has 6 nitrogen and oxygen atoms in total. The Morgan fingerprint density at radius 3 is 2.64 bits per heavy atom. The van der Waals surface area contributed by atoms with E-state index in [0.29, 0.717) is 39.7 Å². The first-order valence-electron chi connectivity index (χ1n) is 7.43. The molecule has 1 aliphatic heterocycles. The molecule has 2 heterocycles. The summed E-state index contributed by atoms with van der Waals surface area (Å²) in [7, 11) is 0. The van der Waals surface area contributed by atoms with Crippen LogP contribution in [0.4, 0.5) is 10.7 Å². The van der Waals surface area contributed by atoms with Crippen LogP contribution < -0.4 is 4.90 Å². The van der Waals surface area contributed by atoms with Crippen LogP contribution in [0, 0.1) is 17.0 Å². The zero-order valence-electron chi connectivity index (χ0n) is 13.2. The van der Waals surface area contributed by atoms with Crippen LogP contribution in [0.15, 0.2) is 35.9 Å². The molecule has 0 radical (unpaired) electrons. The number of thiophene rings is 1. The number of nitro groups is 1. The quantitative estimate of drug-likeness (QED) is 0.457. The van der Waals surface area contributed by atoms with Crippen molar-refractivity contribution >= 4 is 50.9 Å². The molecule has 3 rings (SSSR count). The van der Waals surface area contributed by atoms with Gasteiger partial charge in [0.15, 0.2) is 0 Å². The van der Waals surface area contributed by atoms with Crippen LogP contribution in [-0.2, 0) is 4.79 Å². The third-order valence-corrected chi connectivity index (χ3v) is 5.44. The van der Waals surface area contributed by atoms with E-state index in [9.17, 15) is 19.7 Å². The molecule has 1 aliphatic rings.